The van der Waals surface area contributed by atoms with Crippen LogP contribution in [0, 0.1) is 5.92 Å². The fourth-order valence-corrected chi connectivity index (χ4v) is 1.44. The fraction of sp³-hybridized carbons (Fsp3) is 0.615. The average molecular weight is 221 g/mol. The lowest BCUT2D eigenvalue weighted by Crippen LogP contribution is -2.19. The molecule has 1 rings (SSSR count). The zero-order valence-electron chi connectivity index (χ0n) is 10.6. The quantitative estimate of drug-likeness (QED) is 0.743. The van der Waals surface area contributed by atoms with Crippen molar-refractivity contribution in [3.8, 4) is 0 Å². The summed E-state index contributed by atoms with van der Waals surface area (Å²) in [4.78, 5) is 4.28. The molecule has 3 heteroatoms. The second-order valence-electron chi connectivity index (χ2n) is 4.50. The Labute approximate surface area is 98.7 Å². The Balaban J connectivity index is 2.40. The monoisotopic (exact) mass is 221 g/mol. The third-order valence-electron chi connectivity index (χ3n) is 2.26. The largest absolute Gasteiger partial charge is 0.370 e. The van der Waals surface area contributed by atoms with Crippen molar-refractivity contribution in [1.29, 1.82) is 0 Å². The molecule has 0 saturated carbocycles. The van der Waals surface area contributed by atoms with Gasteiger partial charge in [0.1, 0.15) is 5.82 Å². The summed E-state index contributed by atoms with van der Waals surface area (Å²) in [5, 5.41) is 6.72. The van der Waals surface area contributed by atoms with E-state index < -0.39 is 0 Å². The van der Waals surface area contributed by atoms with Crippen LogP contribution in [0.5, 0.6) is 0 Å². The van der Waals surface area contributed by atoms with Gasteiger partial charge in [0.05, 0.1) is 0 Å². The van der Waals surface area contributed by atoms with E-state index in [9.17, 15) is 0 Å². The highest BCUT2D eigenvalue weighted by molar-refractivity contribution is 5.37. The summed E-state index contributed by atoms with van der Waals surface area (Å²) in [6.45, 7) is 9.54. The van der Waals surface area contributed by atoms with Crippen LogP contribution >= 0.6 is 0 Å². The topological polar surface area (TPSA) is 37.0 Å². The Morgan fingerprint density at radius 1 is 1.38 bits per heavy atom. The standard InChI is InChI=1S/C13H23N3/c1-4-6-15-13-8-12(5-7-16-13)10-14-9-11(2)3/h5,7-8,11,14H,4,6,9-10H2,1-3H3,(H,15,16). The van der Waals surface area contributed by atoms with Crippen molar-refractivity contribution in [2.45, 2.75) is 33.7 Å². The minimum atomic E-state index is 0.694. The first-order chi connectivity index (χ1) is 7.72. The normalized spacial score (nSPS) is 10.8. The summed E-state index contributed by atoms with van der Waals surface area (Å²) in [7, 11) is 0. The molecule has 1 aromatic heterocycles. The minimum absolute atomic E-state index is 0.694. The molecule has 0 aliphatic heterocycles. The number of aromatic nitrogens is 1. The van der Waals surface area contributed by atoms with Gasteiger partial charge < -0.3 is 10.6 Å². The summed E-state index contributed by atoms with van der Waals surface area (Å²) in [6, 6.07) is 4.17. The fourth-order valence-electron chi connectivity index (χ4n) is 1.44. The van der Waals surface area contributed by atoms with Gasteiger partial charge in [0.15, 0.2) is 0 Å². The van der Waals surface area contributed by atoms with Crippen LogP contribution in [0.25, 0.3) is 0 Å². The molecule has 0 spiro atoms. The van der Waals surface area contributed by atoms with Crippen LogP contribution in [0.15, 0.2) is 18.3 Å². The molecule has 0 fully saturated rings. The van der Waals surface area contributed by atoms with E-state index in [0.29, 0.717) is 5.92 Å². The zero-order chi connectivity index (χ0) is 11.8. The van der Waals surface area contributed by atoms with E-state index in [2.05, 4.69) is 48.5 Å². The van der Waals surface area contributed by atoms with Crippen LogP contribution in [0.2, 0.25) is 0 Å². The molecule has 0 unspecified atom stereocenters. The molecule has 0 saturated heterocycles. The Kier molecular flexibility index (Phi) is 5.86. The molecule has 0 radical (unpaired) electrons. The summed E-state index contributed by atoms with van der Waals surface area (Å²) < 4.78 is 0. The number of nitrogens with zero attached hydrogens (tertiary/aromatic N) is 1. The molecule has 0 aliphatic carbocycles. The molecular weight excluding hydrogens is 198 g/mol. The van der Waals surface area contributed by atoms with Crippen molar-refractivity contribution in [1.82, 2.24) is 10.3 Å². The molecule has 0 bridgehead atoms. The van der Waals surface area contributed by atoms with E-state index >= 15 is 0 Å². The van der Waals surface area contributed by atoms with Crippen LogP contribution in [0.1, 0.15) is 32.8 Å². The van der Waals surface area contributed by atoms with Gasteiger partial charge >= 0.3 is 0 Å². The van der Waals surface area contributed by atoms with E-state index in [-0.39, 0.29) is 0 Å². The number of nitrogens with one attached hydrogen (secondary N) is 2. The first-order valence-electron chi connectivity index (χ1n) is 6.12. The van der Waals surface area contributed by atoms with Crippen LogP contribution in [-0.2, 0) is 6.54 Å². The minimum Gasteiger partial charge on any atom is -0.370 e. The molecule has 0 aliphatic rings. The highest BCUT2D eigenvalue weighted by Crippen LogP contribution is 2.06. The number of hydrogen-bond donors (Lipinski definition) is 2. The molecule has 0 aromatic carbocycles. The van der Waals surface area contributed by atoms with Crippen molar-refractivity contribution in [3.63, 3.8) is 0 Å². The number of hydrogen-bond acceptors (Lipinski definition) is 3. The van der Waals surface area contributed by atoms with Crippen LogP contribution in [0.4, 0.5) is 5.82 Å². The Hall–Kier alpha value is -1.09. The lowest BCUT2D eigenvalue weighted by molar-refractivity contribution is 0.552. The van der Waals surface area contributed by atoms with Gasteiger partial charge in [-0.3, -0.25) is 0 Å². The summed E-state index contributed by atoms with van der Waals surface area (Å²) in [6.07, 6.45) is 2.99. The highest BCUT2D eigenvalue weighted by atomic mass is 15.0. The summed E-state index contributed by atoms with van der Waals surface area (Å²) in [5.41, 5.74) is 1.29. The van der Waals surface area contributed by atoms with E-state index in [4.69, 9.17) is 0 Å². The van der Waals surface area contributed by atoms with Crippen molar-refractivity contribution in [3.05, 3.63) is 23.9 Å². The van der Waals surface area contributed by atoms with Crippen LogP contribution < -0.4 is 10.6 Å². The maximum atomic E-state index is 4.28. The maximum Gasteiger partial charge on any atom is 0.126 e. The van der Waals surface area contributed by atoms with Gasteiger partial charge in [-0.2, -0.15) is 0 Å². The third-order valence-corrected chi connectivity index (χ3v) is 2.26. The van der Waals surface area contributed by atoms with E-state index in [1.54, 1.807) is 0 Å². The molecular formula is C13H23N3. The van der Waals surface area contributed by atoms with Gasteiger partial charge in [0.25, 0.3) is 0 Å². The number of anilines is 1. The van der Waals surface area contributed by atoms with Gasteiger partial charge in [-0.1, -0.05) is 20.8 Å². The van der Waals surface area contributed by atoms with E-state index in [1.165, 1.54) is 5.56 Å². The predicted octanol–water partition coefficient (Wildman–Crippen LogP) is 2.65. The number of rotatable bonds is 7. The van der Waals surface area contributed by atoms with Gasteiger partial charge in [-0.05, 0) is 36.6 Å². The van der Waals surface area contributed by atoms with E-state index in [0.717, 1.165) is 31.9 Å². The Morgan fingerprint density at radius 3 is 2.88 bits per heavy atom. The van der Waals surface area contributed by atoms with Gasteiger partial charge in [-0.15, -0.1) is 0 Å². The maximum absolute atomic E-state index is 4.28. The molecule has 16 heavy (non-hydrogen) atoms. The lowest BCUT2D eigenvalue weighted by Gasteiger charge is -2.09. The van der Waals surface area contributed by atoms with Crippen LogP contribution in [-0.4, -0.2) is 18.1 Å². The van der Waals surface area contributed by atoms with Gasteiger partial charge in [-0.25, -0.2) is 4.98 Å². The molecule has 90 valence electrons. The first kappa shape index (κ1) is 13.0. The summed E-state index contributed by atoms with van der Waals surface area (Å²) >= 11 is 0. The predicted molar refractivity (Wildman–Crippen MR) is 69.6 cm³/mol. The second-order valence-corrected chi connectivity index (χ2v) is 4.50. The molecule has 0 atom stereocenters. The molecule has 2 N–H and O–H groups in total. The Bertz CT molecular complexity index is 297. The van der Waals surface area contributed by atoms with Gasteiger partial charge in [0.2, 0.25) is 0 Å². The van der Waals surface area contributed by atoms with Crippen molar-refractivity contribution < 1.29 is 0 Å². The third kappa shape index (κ3) is 5.12. The Morgan fingerprint density at radius 2 is 2.19 bits per heavy atom. The van der Waals surface area contributed by atoms with Crippen molar-refractivity contribution in [2.24, 2.45) is 5.92 Å². The van der Waals surface area contributed by atoms with Crippen LogP contribution in [0.3, 0.4) is 0 Å². The molecule has 0 amide bonds. The smallest absolute Gasteiger partial charge is 0.126 e. The SMILES string of the molecule is CCCNc1cc(CNCC(C)C)ccn1. The van der Waals surface area contributed by atoms with Crippen molar-refractivity contribution >= 4 is 5.82 Å². The lowest BCUT2D eigenvalue weighted by atomic mass is 10.2. The molecule has 3 nitrogen and oxygen atoms in total. The second kappa shape index (κ2) is 7.23. The summed E-state index contributed by atoms with van der Waals surface area (Å²) in [5.74, 6) is 1.67. The highest BCUT2D eigenvalue weighted by Gasteiger charge is 1.97. The van der Waals surface area contributed by atoms with Gasteiger partial charge in [0, 0.05) is 19.3 Å². The zero-order valence-corrected chi connectivity index (χ0v) is 10.6. The number of pyridine rings is 1. The molecule has 1 heterocycles. The van der Waals surface area contributed by atoms with E-state index in [1.807, 2.05) is 6.20 Å². The first-order valence-corrected chi connectivity index (χ1v) is 6.12. The molecule has 1 aromatic rings. The van der Waals surface area contributed by atoms with Crippen molar-refractivity contribution in [2.75, 3.05) is 18.4 Å². The average Bonchev–Trinajstić information content (AvgIpc) is 2.26.